The maximum Gasteiger partial charge on any atom is 0.216 e. The number of carbonyl (C=O) groups is 2. The van der Waals surface area contributed by atoms with Crippen molar-refractivity contribution < 1.29 is 9.59 Å². The minimum atomic E-state index is -0.0259. The van der Waals surface area contributed by atoms with Gasteiger partial charge >= 0.3 is 0 Å². The molecule has 2 N–H and O–H groups in total. The molecule has 4 nitrogen and oxygen atoms in total. The van der Waals surface area contributed by atoms with Crippen LogP contribution in [0.1, 0.15) is 47.1 Å². The molecule has 1 aliphatic carbocycles. The van der Waals surface area contributed by atoms with Crippen molar-refractivity contribution in [3.05, 3.63) is 22.5 Å². The Kier molecular flexibility index (Phi) is 3.61. The number of amides is 1. The van der Waals surface area contributed by atoms with Gasteiger partial charge in [0.2, 0.25) is 5.91 Å². The van der Waals surface area contributed by atoms with Crippen molar-refractivity contribution in [2.24, 2.45) is 0 Å². The number of rotatable bonds is 4. The van der Waals surface area contributed by atoms with Gasteiger partial charge in [0.15, 0.2) is 6.29 Å². The second-order valence-corrected chi connectivity index (χ2v) is 4.53. The molecule has 17 heavy (non-hydrogen) atoms. The number of carbonyl (C=O) groups excluding carboxylic acids is 2. The van der Waals surface area contributed by atoms with Gasteiger partial charge in [-0.3, -0.25) is 9.59 Å². The van der Waals surface area contributed by atoms with Gasteiger partial charge < -0.3 is 10.3 Å². The summed E-state index contributed by atoms with van der Waals surface area (Å²) in [6, 6.07) is 0. The van der Waals surface area contributed by atoms with E-state index in [0.717, 1.165) is 31.1 Å². The van der Waals surface area contributed by atoms with Crippen LogP contribution >= 0.6 is 0 Å². The van der Waals surface area contributed by atoms with Gasteiger partial charge in [0, 0.05) is 19.2 Å². The zero-order chi connectivity index (χ0) is 12.3. The monoisotopic (exact) mass is 234 g/mol. The smallest absolute Gasteiger partial charge is 0.216 e. The zero-order valence-corrected chi connectivity index (χ0v) is 10.1. The van der Waals surface area contributed by atoms with E-state index in [-0.39, 0.29) is 5.91 Å². The van der Waals surface area contributed by atoms with Gasteiger partial charge in [-0.15, -0.1) is 0 Å². The number of hydrogen-bond acceptors (Lipinski definition) is 2. The summed E-state index contributed by atoms with van der Waals surface area (Å²) in [5.74, 6) is -0.0259. The maximum atomic E-state index is 11.0. The fraction of sp³-hybridized carbons (Fsp3) is 0.538. The van der Waals surface area contributed by atoms with Crippen LogP contribution in [0.4, 0.5) is 0 Å². The molecule has 0 spiro atoms. The molecular formula is C13H18N2O2. The normalized spacial score (nSPS) is 14.2. The Morgan fingerprint density at radius 1 is 1.41 bits per heavy atom. The highest BCUT2D eigenvalue weighted by Gasteiger charge is 2.19. The Bertz CT molecular complexity index is 435. The van der Waals surface area contributed by atoms with Crippen LogP contribution in [0.3, 0.4) is 0 Å². The maximum absolute atomic E-state index is 11.0. The topological polar surface area (TPSA) is 62.0 Å². The fourth-order valence-corrected chi connectivity index (χ4v) is 2.53. The number of aldehydes is 1. The summed E-state index contributed by atoms with van der Waals surface area (Å²) in [6.45, 7) is 2.10. The first-order valence-corrected chi connectivity index (χ1v) is 6.14. The van der Waals surface area contributed by atoms with E-state index in [4.69, 9.17) is 0 Å². The largest absolute Gasteiger partial charge is 0.356 e. The van der Waals surface area contributed by atoms with Crippen LogP contribution in [0.2, 0.25) is 0 Å². The molecule has 0 fully saturated rings. The van der Waals surface area contributed by atoms with Crippen LogP contribution in [0.5, 0.6) is 0 Å². The van der Waals surface area contributed by atoms with Gasteiger partial charge in [-0.1, -0.05) is 0 Å². The first-order chi connectivity index (χ1) is 8.22. The summed E-state index contributed by atoms with van der Waals surface area (Å²) < 4.78 is 0. The summed E-state index contributed by atoms with van der Waals surface area (Å²) in [6.07, 6.45) is 6.10. The number of aromatic nitrogens is 1. The molecule has 1 aliphatic rings. The van der Waals surface area contributed by atoms with Crippen molar-refractivity contribution in [3.8, 4) is 0 Å². The lowest BCUT2D eigenvalue weighted by atomic mass is 9.93. The number of fused-ring (bicyclic) bond motifs is 1. The summed E-state index contributed by atoms with van der Waals surface area (Å²) in [7, 11) is 0. The third-order valence-corrected chi connectivity index (χ3v) is 3.31. The van der Waals surface area contributed by atoms with Crippen LogP contribution in [0, 0.1) is 0 Å². The first-order valence-electron chi connectivity index (χ1n) is 6.14. The van der Waals surface area contributed by atoms with Crippen molar-refractivity contribution in [3.63, 3.8) is 0 Å². The molecule has 1 heterocycles. The van der Waals surface area contributed by atoms with E-state index in [1.54, 1.807) is 0 Å². The highest BCUT2D eigenvalue weighted by molar-refractivity contribution is 5.76. The molecular weight excluding hydrogens is 216 g/mol. The van der Waals surface area contributed by atoms with E-state index in [9.17, 15) is 9.59 Å². The average Bonchev–Trinajstić information content (AvgIpc) is 2.67. The Labute approximate surface area is 101 Å². The predicted molar refractivity (Wildman–Crippen MR) is 65.2 cm³/mol. The quantitative estimate of drug-likeness (QED) is 0.773. The predicted octanol–water partition coefficient (Wildman–Crippen LogP) is 1.38. The van der Waals surface area contributed by atoms with Crippen molar-refractivity contribution in [2.75, 3.05) is 6.54 Å². The second kappa shape index (κ2) is 5.17. The Morgan fingerprint density at radius 2 is 2.18 bits per heavy atom. The zero-order valence-electron chi connectivity index (χ0n) is 10.1. The highest BCUT2D eigenvalue weighted by atomic mass is 16.1. The van der Waals surface area contributed by atoms with E-state index < -0.39 is 0 Å². The van der Waals surface area contributed by atoms with Crippen LogP contribution in [-0.2, 0) is 24.1 Å². The molecule has 1 aromatic heterocycles. The van der Waals surface area contributed by atoms with Crippen LogP contribution < -0.4 is 5.32 Å². The molecule has 92 valence electrons. The molecule has 1 aromatic rings. The molecule has 4 heteroatoms. The van der Waals surface area contributed by atoms with E-state index in [1.807, 2.05) is 0 Å². The molecule has 0 radical (unpaired) electrons. The van der Waals surface area contributed by atoms with E-state index in [0.29, 0.717) is 12.2 Å². The minimum absolute atomic E-state index is 0.0259. The number of aromatic amines is 1. The van der Waals surface area contributed by atoms with Gasteiger partial charge in [0.25, 0.3) is 0 Å². The number of aryl methyl sites for hydroxylation is 1. The molecule has 1 amide bonds. The number of hydrogen-bond donors (Lipinski definition) is 2. The SMILES string of the molecule is CC(=O)NCCc1c(C=O)[nH]c2c1CCCC2. The molecule has 0 saturated heterocycles. The molecule has 0 unspecified atom stereocenters. The van der Waals surface area contributed by atoms with Crippen molar-refractivity contribution in [2.45, 2.75) is 39.0 Å². The van der Waals surface area contributed by atoms with Crippen LogP contribution in [0.15, 0.2) is 0 Å². The van der Waals surface area contributed by atoms with Gasteiger partial charge in [-0.05, 0) is 43.2 Å². The standard InChI is InChI=1S/C13H18N2O2/c1-9(17)14-7-6-11-10-4-2-3-5-12(10)15-13(11)8-16/h8,15H,2-7H2,1H3,(H,14,17). The Hall–Kier alpha value is -1.58. The summed E-state index contributed by atoms with van der Waals surface area (Å²) in [5.41, 5.74) is 4.32. The third kappa shape index (κ3) is 2.57. The van der Waals surface area contributed by atoms with E-state index >= 15 is 0 Å². The number of nitrogens with one attached hydrogen (secondary N) is 2. The molecule has 0 aromatic carbocycles. The molecule has 0 atom stereocenters. The van der Waals surface area contributed by atoms with Crippen molar-refractivity contribution >= 4 is 12.2 Å². The average molecular weight is 234 g/mol. The molecule has 0 bridgehead atoms. The van der Waals surface area contributed by atoms with Crippen LogP contribution in [0.25, 0.3) is 0 Å². The molecule has 0 aliphatic heterocycles. The highest BCUT2D eigenvalue weighted by Crippen LogP contribution is 2.26. The molecule has 0 saturated carbocycles. The van der Waals surface area contributed by atoms with Gasteiger partial charge in [-0.25, -0.2) is 0 Å². The lowest BCUT2D eigenvalue weighted by Gasteiger charge is -2.12. The van der Waals surface area contributed by atoms with Crippen molar-refractivity contribution in [1.82, 2.24) is 10.3 Å². The van der Waals surface area contributed by atoms with Crippen molar-refractivity contribution in [1.29, 1.82) is 0 Å². The third-order valence-electron chi connectivity index (χ3n) is 3.31. The lowest BCUT2D eigenvalue weighted by molar-refractivity contribution is -0.118. The lowest BCUT2D eigenvalue weighted by Crippen LogP contribution is -2.23. The summed E-state index contributed by atoms with van der Waals surface area (Å²) >= 11 is 0. The summed E-state index contributed by atoms with van der Waals surface area (Å²) in [4.78, 5) is 25.1. The first kappa shape index (κ1) is 11.9. The molecule has 2 rings (SSSR count). The number of H-pyrrole nitrogens is 1. The minimum Gasteiger partial charge on any atom is -0.356 e. The summed E-state index contributed by atoms with van der Waals surface area (Å²) in [5, 5.41) is 2.77. The Balaban J connectivity index is 2.15. The van der Waals surface area contributed by atoms with E-state index in [2.05, 4.69) is 10.3 Å². The van der Waals surface area contributed by atoms with E-state index in [1.165, 1.54) is 31.0 Å². The second-order valence-electron chi connectivity index (χ2n) is 4.53. The van der Waals surface area contributed by atoms with Crippen LogP contribution in [-0.4, -0.2) is 23.7 Å². The van der Waals surface area contributed by atoms with Gasteiger partial charge in [0.1, 0.15) is 0 Å². The van der Waals surface area contributed by atoms with Gasteiger partial charge in [0.05, 0.1) is 5.69 Å². The Morgan fingerprint density at radius 3 is 2.88 bits per heavy atom. The fourth-order valence-electron chi connectivity index (χ4n) is 2.53. The van der Waals surface area contributed by atoms with Gasteiger partial charge in [-0.2, -0.15) is 0 Å².